The number of hydrogen-bond acceptors (Lipinski definition) is 8. The van der Waals surface area contributed by atoms with E-state index in [1.54, 1.807) is 36.3 Å². The van der Waals surface area contributed by atoms with E-state index in [0.717, 1.165) is 4.88 Å². The summed E-state index contributed by atoms with van der Waals surface area (Å²) in [6.45, 7) is 2.96. The lowest BCUT2D eigenvalue weighted by molar-refractivity contribution is 0.0303. The van der Waals surface area contributed by atoms with Crippen LogP contribution in [-0.2, 0) is 16.0 Å². The molecule has 1 aromatic carbocycles. The van der Waals surface area contributed by atoms with Crippen LogP contribution >= 0.6 is 11.3 Å². The molecule has 4 rings (SSSR count). The third-order valence-corrected chi connectivity index (χ3v) is 5.89. The van der Waals surface area contributed by atoms with Crippen molar-refractivity contribution < 1.29 is 23.5 Å². The van der Waals surface area contributed by atoms with E-state index in [9.17, 15) is 9.59 Å². The van der Waals surface area contributed by atoms with Crippen molar-refractivity contribution in [3.05, 3.63) is 53.2 Å². The summed E-state index contributed by atoms with van der Waals surface area (Å²) in [5.74, 6) is 0.653. The lowest BCUT2D eigenvalue weighted by Crippen LogP contribution is -2.40. The summed E-state index contributed by atoms with van der Waals surface area (Å²) < 4.78 is 16.2. The Labute approximate surface area is 195 Å². The van der Waals surface area contributed by atoms with Gasteiger partial charge in [-0.25, -0.2) is 4.79 Å². The molecule has 1 saturated heterocycles. The molecule has 2 aromatic heterocycles. The van der Waals surface area contributed by atoms with Gasteiger partial charge in [-0.1, -0.05) is 12.1 Å². The molecule has 3 heterocycles. The molecule has 3 aromatic rings. The van der Waals surface area contributed by atoms with Crippen LogP contribution in [0.5, 0.6) is 0 Å². The van der Waals surface area contributed by atoms with Crippen LogP contribution in [0.15, 0.2) is 46.2 Å². The number of aromatic nitrogens is 2. The number of thiophene rings is 1. The van der Waals surface area contributed by atoms with Crippen LogP contribution in [0.4, 0.5) is 10.5 Å². The Morgan fingerprint density at radius 2 is 2.06 bits per heavy atom. The first-order valence-corrected chi connectivity index (χ1v) is 11.4. The number of hydrogen-bond donors (Lipinski definition) is 1. The molecule has 0 bridgehead atoms. The first kappa shape index (κ1) is 22.9. The molecule has 0 spiro atoms. The van der Waals surface area contributed by atoms with E-state index in [-0.39, 0.29) is 18.5 Å². The number of nitrogens with zero attached hydrogens (tertiary/aromatic N) is 4. The van der Waals surface area contributed by atoms with Gasteiger partial charge in [-0.05, 0) is 29.6 Å². The van der Waals surface area contributed by atoms with Gasteiger partial charge in [0, 0.05) is 38.0 Å². The molecule has 0 atom stereocenters. The molecule has 0 aliphatic carbocycles. The Hall–Kier alpha value is -3.28. The molecule has 10 nitrogen and oxygen atoms in total. The number of amides is 3. The molecule has 1 aliphatic rings. The lowest BCUT2D eigenvalue weighted by Gasteiger charge is -2.27. The zero-order chi connectivity index (χ0) is 23.0. The minimum atomic E-state index is -0.362. The summed E-state index contributed by atoms with van der Waals surface area (Å²) in [5, 5.41) is 12.9. The normalized spacial score (nSPS) is 13.7. The standard InChI is InChI=1S/C22H25N5O5S/c1-30-10-7-27(15-19-24-25-20(32-19)18-6-3-13-33-18)22(29)23-17-5-2-4-16(14-17)21(28)26-8-11-31-12-9-26/h2-6,13-14H,7-12,15H2,1H3,(H,23,29). The zero-order valence-corrected chi connectivity index (χ0v) is 19.0. The molecular formula is C22H25N5O5S. The summed E-state index contributed by atoms with van der Waals surface area (Å²) in [6, 6.07) is 10.3. The van der Waals surface area contributed by atoms with Gasteiger partial charge in [0.05, 0.1) is 24.7 Å². The van der Waals surface area contributed by atoms with Crippen molar-refractivity contribution in [3.8, 4) is 10.8 Å². The second-order valence-electron chi connectivity index (χ2n) is 7.31. The number of urea groups is 1. The number of methoxy groups -OCH3 is 1. The van der Waals surface area contributed by atoms with Crippen LogP contribution in [0, 0.1) is 0 Å². The van der Waals surface area contributed by atoms with Gasteiger partial charge in [-0.2, -0.15) is 0 Å². The fourth-order valence-corrected chi connectivity index (χ4v) is 3.96. The molecule has 0 radical (unpaired) electrons. The molecule has 1 aliphatic heterocycles. The van der Waals surface area contributed by atoms with E-state index in [1.165, 1.54) is 16.2 Å². The summed E-state index contributed by atoms with van der Waals surface area (Å²) in [6.07, 6.45) is 0. The lowest BCUT2D eigenvalue weighted by atomic mass is 10.1. The van der Waals surface area contributed by atoms with E-state index >= 15 is 0 Å². The van der Waals surface area contributed by atoms with Gasteiger partial charge >= 0.3 is 6.03 Å². The van der Waals surface area contributed by atoms with Crippen LogP contribution in [0.25, 0.3) is 10.8 Å². The van der Waals surface area contributed by atoms with E-state index in [1.807, 2.05) is 17.5 Å². The largest absolute Gasteiger partial charge is 0.418 e. The third kappa shape index (κ3) is 5.95. The smallest absolute Gasteiger partial charge is 0.322 e. The third-order valence-electron chi connectivity index (χ3n) is 5.04. The maximum Gasteiger partial charge on any atom is 0.322 e. The van der Waals surface area contributed by atoms with Crippen LogP contribution in [0.3, 0.4) is 0 Å². The van der Waals surface area contributed by atoms with Gasteiger partial charge in [-0.3, -0.25) is 4.79 Å². The highest BCUT2D eigenvalue weighted by molar-refractivity contribution is 7.13. The highest BCUT2D eigenvalue weighted by Crippen LogP contribution is 2.23. The predicted molar refractivity (Wildman–Crippen MR) is 122 cm³/mol. The van der Waals surface area contributed by atoms with Gasteiger partial charge in [0.15, 0.2) is 0 Å². The number of morpholine rings is 1. The summed E-state index contributed by atoms with van der Waals surface area (Å²) in [7, 11) is 1.57. The van der Waals surface area contributed by atoms with Crippen molar-refractivity contribution in [3.63, 3.8) is 0 Å². The molecular weight excluding hydrogens is 446 g/mol. The predicted octanol–water partition coefficient (Wildman–Crippen LogP) is 2.95. The number of ether oxygens (including phenoxy) is 2. The number of carbonyl (C=O) groups excluding carboxylic acids is 2. The summed E-state index contributed by atoms with van der Waals surface area (Å²) in [4.78, 5) is 29.9. The molecule has 1 N–H and O–H groups in total. The highest BCUT2D eigenvalue weighted by Gasteiger charge is 2.21. The van der Waals surface area contributed by atoms with Gasteiger partial charge in [0.1, 0.15) is 6.54 Å². The van der Waals surface area contributed by atoms with Crippen molar-refractivity contribution in [2.75, 3.05) is 51.9 Å². The quantitative estimate of drug-likeness (QED) is 0.538. The van der Waals surface area contributed by atoms with Crippen LogP contribution < -0.4 is 5.32 Å². The van der Waals surface area contributed by atoms with Crippen molar-refractivity contribution >= 4 is 29.0 Å². The van der Waals surface area contributed by atoms with Crippen LogP contribution in [0.1, 0.15) is 16.2 Å². The Morgan fingerprint density at radius 1 is 1.21 bits per heavy atom. The molecule has 1 fully saturated rings. The van der Waals surface area contributed by atoms with Crippen molar-refractivity contribution in [2.24, 2.45) is 0 Å². The molecule has 0 saturated carbocycles. The summed E-state index contributed by atoms with van der Waals surface area (Å²) in [5.41, 5.74) is 1.03. The first-order valence-electron chi connectivity index (χ1n) is 10.5. The molecule has 3 amide bonds. The monoisotopic (exact) mass is 471 g/mol. The Morgan fingerprint density at radius 3 is 2.82 bits per heavy atom. The maximum absolute atomic E-state index is 13.0. The Balaban J connectivity index is 1.43. The summed E-state index contributed by atoms with van der Waals surface area (Å²) >= 11 is 1.50. The molecule has 0 unspecified atom stereocenters. The fraction of sp³-hybridized carbons (Fsp3) is 0.364. The fourth-order valence-electron chi connectivity index (χ4n) is 3.32. The SMILES string of the molecule is COCCN(Cc1nnc(-c2cccs2)o1)C(=O)Nc1cccc(C(=O)N2CCOCC2)c1. The van der Waals surface area contributed by atoms with E-state index in [2.05, 4.69) is 15.5 Å². The Bertz CT molecular complexity index is 1060. The Kier molecular flexibility index (Phi) is 7.66. The van der Waals surface area contributed by atoms with Gasteiger partial charge in [0.2, 0.25) is 5.89 Å². The minimum absolute atomic E-state index is 0.0856. The van der Waals surface area contributed by atoms with Crippen LogP contribution in [-0.4, -0.2) is 78.5 Å². The van der Waals surface area contributed by atoms with Gasteiger partial charge in [-0.15, -0.1) is 21.5 Å². The minimum Gasteiger partial charge on any atom is -0.418 e. The number of benzene rings is 1. The van der Waals surface area contributed by atoms with E-state index in [4.69, 9.17) is 13.9 Å². The maximum atomic E-state index is 13.0. The first-order chi connectivity index (χ1) is 16.1. The van der Waals surface area contributed by atoms with Crippen molar-refractivity contribution in [1.82, 2.24) is 20.0 Å². The molecule has 11 heteroatoms. The van der Waals surface area contributed by atoms with Crippen molar-refractivity contribution in [1.29, 1.82) is 0 Å². The average molecular weight is 472 g/mol. The van der Waals surface area contributed by atoms with Gasteiger partial charge in [0.25, 0.3) is 11.8 Å². The second kappa shape index (κ2) is 11.0. The van der Waals surface area contributed by atoms with E-state index < -0.39 is 0 Å². The highest BCUT2D eigenvalue weighted by atomic mass is 32.1. The topological polar surface area (TPSA) is 110 Å². The average Bonchev–Trinajstić information content (AvgIpc) is 3.54. The van der Waals surface area contributed by atoms with Crippen molar-refractivity contribution in [2.45, 2.75) is 6.54 Å². The zero-order valence-electron chi connectivity index (χ0n) is 18.2. The van der Waals surface area contributed by atoms with Crippen LogP contribution in [0.2, 0.25) is 0 Å². The second-order valence-corrected chi connectivity index (χ2v) is 8.26. The van der Waals surface area contributed by atoms with E-state index in [0.29, 0.717) is 62.5 Å². The number of rotatable bonds is 8. The molecule has 33 heavy (non-hydrogen) atoms. The van der Waals surface area contributed by atoms with Gasteiger partial charge < -0.3 is 29.0 Å². The number of carbonyl (C=O) groups is 2. The number of nitrogens with one attached hydrogen (secondary N) is 1. The molecule has 174 valence electrons. The number of anilines is 1.